The van der Waals surface area contributed by atoms with E-state index in [0.29, 0.717) is 0 Å². The Bertz CT molecular complexity index is 2700. The Balaban J connectivity index is 1.18. The van der Waals surface area contributed by atoms with Gasteiger partial charge in [-0.1, -0.05) is 140 Å². The third-order valence-corrected chi connectivity index (χ3v) is 9.77. The number of hydrogen-bond acceptors (Lipinski definition) is 3. The second kappa shape index (κ2) is 11.5. The van der Waals surface area contributed by atoms with Gasteiger partial charge < -0.3 is 14.5 Å². The van der Waals surface area contributed by atoms with Crippen molar-refractivity contribution in [3.8, 4) is 11.4 Å². The molecule has 0 radical (unpaired) electrons. The van der Waals surface area contributed by atoms with Crippen LogP contribution in [0.1, 0.15) is 22.9 Å². The maximum absolute atomic E-state index is 5.11. The molecule has 10 rings (SSSR count). The summed E-state index contributed by atoms with van der Waals surface area (Å²) in [5, 5.41) is 8.43. The summed E-state index contributed by atoms with van der Waals surface area (Å²) >= 11 is 0. The average molecular weight is 642 g/mol. The van der Waals surface area contributed by atoms with Crippen LogP contribution in [0.15, 0.2) is 186 Å². The molecule has 5 heteroatoms. The molecule has 0 spiro atoms. The third kappa shape index (κ3) is 4.48. The number of para-hydroxylation sites is 3. The molecule has 9 aromatic rings. The molecule has 1 N–H and O–H groups in total. The van der Waals surface area contributed by atoms with Crippen LogP contribution >= 0.6 is 0 Å². The van der Waals surface area contributed by atoms with Gasteiger partial charge in [-0.3, -0.25) is 0 Å². The quantitative estimate of drug-likeness (QED) is 0.200. The van der Waals surface area contributed by atoms with E-state index < -0.39 is 0 Å². The fourth-order valence-electron chi connectivity index (χ4n) is 7.49. The Morgan fingerprint density at radius 1 is 0.380 bits per heavy atom. The molecular weight excluding hydrogens is 611 g/mol. The van der Waals surface area contributed by atoms with Crippen LogP contribution in [-0.4, -0.2) is 20.8 Å². The van der Waals surface area contributed by atoms with Crippen LogP contribution in [0.3, 0.4) is 0 Å². The lowest BCUT2D eigenvalue weighted by Crippen LogP contribution is -2.35. The van der Waals surface area contributed by atoms with Gasteiger partial charge in [0.2, 0.25) is 0 Å². The van der Waals surface area contributed by atoms with Crippen LogP contribution in [0.4, 0.5) is 0 Å². The number of fused-ring (bicyclic) bond motifs is 7. The summed E-state index contributed by atoms with van der Waals surface area (Å²) in [5.41, 5.74) is 10.1. The highest BCUT2D eigenvalue weighted by Gasteiger charge is 2.23. The maximum Gasteiger partial charge on any atom is 0.169 e. The van der Waals surface area contributed by atoms with E-state index >= 15 is 0 Å². The van der Waals surface area contributed by atoms with Gasteiger partial charge >= 0.3 is 0 Å². The molecule has 0 fully saturated rings. The predicted molar refractivity (Wildman–Crippen MR) is 207 cm³/mol. The van der Waals surface area contributed by atoms with Gasteiger partial charge in [-0.25, -0.2) is 9.98 Å². The van der Waals surface area contributed by atoms with Crippen LogP contribution < -0.4 is 5.32 Å². The van der Waals surface area contributed by atoms with Crippen molar-refractivity contribution >= 4 is 55.3 Å². The molecule has 0 aliphatic carbocycles. The molecule has 0 saturated carbocycles. The van der Waals surface area contributed by atoms with Crippen molar-refractivity contribution in [1.82, 2.24) is 14.5 Å². The predicted octanol–water partition coefficient (Wildman–Crippen LogP) is 10.4. The van der Waals surface area contributed by atoms with Gasteiger partial charge in [-0.15, -0.1) is 0 Å². The molecule has 50 heavy (non-hydrogen) atoms. The Hall–Kier alpha value is -6.72. The largest absolute Gasteiger partial charge is 0.324 e. The van der Waals surface area contributed by atoms with Crippen LogP contribution in [-0.2, 0) is 0 Å². The molecule has 1 aliphatic rings. The van der Waals surface area contributed by atoms with Gasteiger partial charge in [0.05, 0.1) is 22.1 Å². The minimum atomic E-state index is -0.388. The van der Waals surface area contributed by atoms with Gasteiger partial charge in [0.1, 0.15) is 11.7 Å². The highest BCUT2D eigenvalue weighted by Crippen LogP contribution is 2.41. The number of hydrogen-bond donors (Lipinski definition) is 1. The van der Waals surface area contributed by atoms with Crippen molar-refractivity contribution < 1.29 is 0 Å². The molecule has 0 atom stereocenters. The fraction of sp³-hybridized carbons (Fsp3) is 0.0222. The van der Waals surface area contributed by atoms with Crippen LogP contribution in [0.5, 0.6) is 0 Å². The number of aliphatic imine (C=N–C) groups is 2. The number of benzene rings is 7. The van der Waals surface area contributed by atoms with Crippen LogP contribution in [0.2, 0.25) is 0 Å². The molecular formula is C45H31N5. The smallest absolute Gasteiger partial charge is 0.169 e. The van der Waals surface area contributed by atoms with Crippen molar-refractivity contribution in [2.45, 2.75) is 6.17 Å². The van der Waals surface area contributed by atoms with Crippen molar-refractivity contribution in [2.75, 3.05) is 0 Å². The summed E-state index contributed by atoms with van der Waals surface area (Å²) in [4.78, 5) is 10.2. The third-order valence-electron chi connectivity index (χ3n) is 9.77. The molecule has 0 bridgehead atoms. The van der Waals surface area contributed by atoms with Gasteiger partial charge in [-0.2, -0.15) is 0 Å². The summed E-state index contributed by atoms with van der Waals surface area (Å²) in [6.07, 6.45) is -0.388. The maximum atomic E-state index is 5.11. The second-order valence-electron chi connectivity index (χ2n) is 12.7. The van der Waals surface area contributed by atoms with E-state index in [1.807, 2.05) is 36.4 Å². The van der Waals surface area contributed by atoms with Gasteiger partial charge in [0.15, 0.2) is 6.17 Å². The molecule has 5 nitrogen and oxygen atoms in total. The van der Waals surface area contributed by atoms with Gasteiger partial charge in [0.25, 0.3) is 0 Å². The summed E-state index contributed by atoms with van der Waals surface area (Å²) in [6.45, 7) is 0. The first-order chi connectivity index (χ1) is 24.8. The second-order valence-corrected chi connectivity index (χ2v) is 12.7. The zero-order valence-electron chi connectivity index (χ0n) is 27.1. The molecule has 7 aromatic carbocycles. The number of nitrogens with zero attached hydrogens (tertiary/aromatic N) is 4. The Labute approximate surface area is 289 Å². The lowest BCUT2D eigenvalue weighted by molar-refractivity contribution is 0.755. The topological polar surface area (TPSA) is 46.6 Å². The van der Waals surface area contributed by atoms with E-state index in [2.05, 4.69) is 154 Å². The van der Waals surface area contributed by atoms with Crippen LogP contribution in [0, 0.1) is 0 Å². The highest BCUT2D eigenvalue weighted by atomic mass is 15.2. The van der Waals surface area contributed by atoms with Gasteiger partial charge in [0, 0.05) is 44.0 Å². The fourth-order valence-corrected chi connectivity index (χ4v) is 7.49. The highest BCUT2D eigenvalue weighted by molar-refractivity contribution is 6.23. The van der Waals surface area contributed by atoms with E-state index in [1.54, 1.807) is 0 Å². The number of amidine groups is 2. The molecule has 0 saturated heterocycles. The summed E-state index contributed by atoms with van der Waals surface area (Å²) in [7, 11) is 0. The van der Waals surface area contributed by atoms with Crippen molar-refractivity contribution in [2.24, 2.45) is 9.98 Å². The zero-order valence-corrected chi connectivity index (χ0v) is 27.1. The van der Waals surface area contributed by atoms with E-state index in [4.69, 9.17) is 9.98 Å². The normalized spacial score (nSPS) is 13.5. The Kier molecular flexibility index (Phi) is 6.49. The average Bonchev–Trinajstić information content (AvgIpc) is 3.72. The summed E-state index contributed by atoms with van der Waals surface area (Å²) in [6, 6.07) is 62.0. The number of rotatable bonds is 5. The lowest BCUT2D eigenvalue weighted by atomic mass is 10.1. The van der Waals surface area contributed by atoms with E-state index in [1.165, 1.54) is 43.6 Å². The Morgan fingerprint density at radius 3 is 1.30 bits per heavy atom. The number of aromatic nitrogens is 2. The summed E-state index contributed by atoms with van der Waals surface area (Å²) < 4.78 is 4.85. The SMILES string of the molecule is c1ccc(C2=NC(c3ccc(-n4c5ccccc5c5ccc6c7ccccc7n(-c7ccccc7)c6c54)cc3)N=C(c3ccccc3)N2)cc1. The Morgan fingerprint density at radius 2 is 0.800 bits per heavy atom. The molecule has 236 valence electrons. The van der Waals surface area contributed by atoms with Crippen molar-refractivity contribution in [1.29, 1.82) is 0 Å². The first-order valence-electron chi connectivity index (χ1n) is 17.0. The summed E-state index contributed by atoms with van der Waals surface area (Å²) in [5.74, 6) is 1.62. The minimum Gasteiger partial charge on any atom is -0.324 e. The van der Waals surface area contributed by atoms with E-state index in [0.717, 1.165) is 39.7 Å². The molecule has 1 aliphatic heterocycles. The van der Waals surface area contributed by atoms with Crippen molar-refractivity contribution in [3.63, 3.8) is 0 Å². The first-order valence-corrected chi connectivity index (χ1v) is 17.0. The van der Waals surface area contributed by atoms with Crippen LogP contribution in [0.25, 0.3) is 55.0 Å². The standard InChI is InChI=1S/C45H31N5/c1-4-14-30(15-5-1)43-46-44(31-16-6-2-7-17-31)48-45(47-43)32-24-26-34(27-25-32)50-40-23-13-11-21-36(40)38-29-28-37-35-20-10-12-22-39(35)49(41(37)42(38)50)33-18-8-3-9-19-33/h1-29,45H,(H,46,47,48). The molecule has 3 heterocycles. The van der Waals surface area contributed by atoms with Gasteiger partial charge in [-0.05, 0) is 42.0 Å². The zero-order chi connectivity index (χ0) is 33.0. The monoisotopic (exact) mass is 641 g/mol. The van der Waals surface area contributed by atoms with E-state index in [-0.39, 0.29) is 6.17 Å². The molecule has 0 unspecified atom stereocenters. The lowest BCUT2D eigenvalue weighted by Gasteiger charge is -2.22. The van der Waals surface area contributed by atoms with Crippen molar-refractivity contribution in [3.05, 3.63) is 193 Å². The minimum absolute atomic E-state index is 0.388. The first kappa shape index (κ1) is 28.3. The number of nitrogens with one attached hydrogen (secondary N) is 1. The molecule has 0 amide bonds. The van der Waals surface area contributed by atoms with E-state index in [9.17, 15) is 0 Å². The molecule has 2 aromatic heterocycles.